The Hall–Kier alpha value is -0.370. The van der Waals surface area contributed by atoms with Crippen LogP contribution in [-0.2, 0) is 11.8 Å². The first kappa shape index (κ1) is 9.72. The summed E-state index contributed by atoms with van der Waals surface area (Å²) >= 11 is 4.75. The molecule has 1 aromatic carbocycles. The maximum atomic E-state index is 9.27. The second kappa shape index (κ2) is 3.56. The highest BCUT2D eigenvalue weighted by atomic mass is 32.5. The molecule has 4 heteroatoms. The summed E-state index contributed by atoms with van der Waals surface area (Å²) < 4.78 is 5.16. The molecule has 0 aliphatic rings. The lowest BCUT2D eigenvalue weighted by Gasteiger charge is -2.11. The Labute approximate surface area is 77.4 Å². The van der Waals surface area contributed by atoms with Crippen LogP contribution in [0.1, 0.15) is 5.56 Å². The van der Waals surface area contributed by atoms with Crippen LogP contribution in [0, 0.1) is 6.92 Å². The monoisotopic (exact) mass is 202 g/mol. The van der Waals surface area contributed by atoms with Crippen molar-refractivity contribution in [2.45, 2.75) is 6.92 Å². The molecule has 66 valence electrons. The third kappa shape index (κ3) is 3.35. The first-order valence-electron chi connectivity index (χ1n) is 3.54. The highest BCUT2D eigenvalue weighted by molar-refractivity contribution is 8.09. The molecule has 0 spiro atoms. The molecule has 0 aliphatic carbocycles. The Kier molecular flexibility index (Phi) is 2.89. The Morgan fingerprint density at radius 2 is 2.17 bits per heavy atom. The number of benzene rings is 1. The minimum absolute atomic E-state index is 0.642. The lowest BCUT2D eigenvalue weighted by atomic mass is 10.2. The van der Waals surface area contributed by atoms with Crippen molar-refractivity contribution < 1.29 is 9.42 Å². The normalized spacial score (nSPS) is 15.2. The first-order chi connectivity index (χ1) is 5.47. The fourth-order valence-corrected chi connectivity index (χ4v) is 1.63. The lowest BCUT2D eigenvalue weighted by molar-refractivity contribution is 0.490. The lowest BCUT2D eigenvalue weighted by Crippen LogP contribution is -1.88. The molecule has 0 fully saturated rings. The predicted molar refractivity (Wildman–Crippen MR) is 54.2 cm³/mol. The van der Waals surface area contributed by atoms with Gasteiger partial charge in [0.25, 0.3) is 0 Å². The van der Waals surface area contributed by atoms with E-state index in [4.69, 9.17) is 16.3 Å². The first-order valence-corrected chi connectivity index (χ1v) is 6.66. The van der Waals surface area contributed by atoms with E-state index in [9.17, 15) is 4.89 Å². The summed E-state index contributed by atoms with van der Waals surface area (Å²) in [6, 6.07) is 7.47. The topological polar surface area (TPSA) is 29.5 Å². The van der Waals surface area contributed by atoms with Crippen molar-refractivity contribution in [1.82, 2.24) is 0 Å². The number of aryl methyl sites for hydroxylation is 1. The van der Waals surface area contributed by atoms with Crippen LogP contribution in [0.5, 0.6) is 5.75 Å². The summed E-state index contributed by atoms with van der Waals surface area (Å²) in [5, 5.41) is 0. The van der Waals surface area contributed by atoms with Gasteiger partial charge < -0.3 is 9.42 Å². The van der Waals surface area contributed by atoms with Crippen LogP contribution in [-0.4, -0.2) is 11.6 Å². The fraction of sp³-hybridized carbons (Fsp3) is 0.250. The van der Waals surface area contributed by atoms with Crippen molar-refractivity contribution in [3.05, 3.63) is 29.8 Å². The molecule has 1 N–H and O–H groups in total. The largest absolute Gasteiger partial charge is 0.444 e. The van der Waals surface area contributed by atoms with Crippen molar-refractivity contribution in [1.29, 1.82) is 0 Å². The molecule has 1 rings (SSSR count). The van der Waals surface area contributed by atoms with Gasteiger partial charge in [0.15, 0.2) is 0 Å². The van der Waals surface area contributed by atoms with E-state index in [-0.39, 0.29) is 0 Å². The molecule has 0 aliphatic heterocycles. The van der Waals surface area contributed by atoms with Crippen LogP contribution >= 0.6 is 6.49 Å². The molecule has 1 aromatic rings. The van der Waals surface area contributed by atoms with E-state index in [1.807, 2.05) is 25.1 Å². The smallest absolute Gasteiger partial charge is 0.232 e. The van der Waals surface area contributed by atoms with Crippen molar-refractivity contribution in [2.24, 2.45) is 0 Å². The standard InChI is InChI=1S/C8H11O2PS/c1-7-4-3-5-8(6-7)10-11(2,9)12/h3-6H,1-2H3,(H,9,12). The molecular formula is C8H11O2PS. The van der Waals surface area contributed by atoms with Gasteiger partial charge in [0.05, 0.1) is 0 Å². The zero-order valence-corrected chi connectivity index (χ0v) is 8.73. The average Bonchev–Trinajstić information content (AvgIpc) is 1.82. The maximum absolute atomic E-state index is 9.27. The molecule has 12 heavy (non-hydrogen) atoms. The summed E-state index contributed by atoms with van der Waals surface area (Å²) in [5.41, 5.74) is 1.09. The summed E-state index contributed by atoms with van der Waals surface area (Å²) in [4.78, 5) is 9.27. The van der Waals surface area contributed by atoms with E-state index in [2.05, 4.69) is 0 Å². The van der Waals surface area contributed by atoms with Crippen molar-refractivity contribution in [3.63, 3.8) is 0 Å². The third-order valence-corrected chi connectivity index (χ3v) is 2.04. The molecule has 0 bridgehead atoms. The Morgan fingerprint density at radius 3 is 2.67 bits per heavy atom. The molecular weight excluding hydrogens is 191 g/mol. The number of hydrogen-bond donors (Lipinski definition) is 1. The van der Waals surface area contributed by atoms with Gasteiger partial charge in [-0.15, -0.1) is 0 Å². The van der Waals surface area contributed by atoms with E-state index in [0.29, 0.717) is 5.75 Å². The molecule has 0 radical (unpaired) electrons. The van der Waals surface area contributed by atoms with Gasteiger partial charge in [0, 0.05) is 6.66 Å². The van der Waals surface area contributed by atoms with Crippen LogP contribution in [0.4, 0.5) is 0 Å². The number of rotatable bonds is 2. The van der Waals surface area contributed by atoms with Gasteiger partial charge in [0.2, 0.25) is 6.49 Å². The minimum Gasteiger partial charge on any atom is -0.444 e. The third-order valence-electron chi connectivity index (χ3n) is 1.26. The number of hydrogen-bond acceptors (Lipinski definition) is 2. The Bertz CT molecular complexity index is 319. The van der Waals surface area contributed by atoms with Crippen LogP contribution in [0.2, 0.25) is 0 Å². The molecule has 1 unspecified atom stereocenters. The van der Waals surface area contributed by atoms with Crippen LogP contribution < -0.4 is 4.52 Å². The SMILES string of the molecule is Cc1cccc(OP(C)(O)=S)c1. The highest BCUT2D eigenvalue weighted by Gasteiger charge is 2.05. The van der Waals surface area contributed by atoms with Crippen LogP contribution in [0.3, 0.4) is 0 Å². The van der Waals surface area contributed by atoms with E-state index in [1.165, 1.54) is 6.66 Å². The van der Waals surface area contributed by atoms with Crippen molar-refractivity contribution in [3.8, 4) is 5.75 Å². The van der Waals surface area contributed by atoms with Gasteiger partial charge >= 0.3 is 0 Å². The highest BCUT2D eigenvalue weighted by Crippen LogP contribution is 2.38. The zero-order chi connectivity index (χ0) is 9.19. The fourth-order valence-electron chi connectivity index (χ4n) is 0.868. The van der Waals surface area contributed by atoms with Gasteiger partial charge in [0.1, 0.15) is 5.75 Å². The molecule has 1 atom stereocenters. The molecule has 0 saturated heterocycles. The second-order valence-electron chi connectivity index (χ2n) is 2.71. The molecule has 0 amide bonds. The van der Waals surface area contributed by atoms with Crippen molar-refractivity contribution >= 4 is 18.3 Å². The van der Waals surface area contributed by atoms with Gasteiger partial charge in [-0.2, -0.15) is 0 Å². The molecule has 0 aromatic heterocycles. The summed E-state index contributed by atoms with van der Waals surface area (Å²) in [6.45, 7) is 0.920. The van der Waals surface area contributed by atoms with E-state index < -0.39 is 6.49 Å². The summed E-state index contributed by atoms with van der Waals surface area (Å²) in [5.74, 6) is 0.642. The minimum atomic E-state index is -2.57. The molecule has 2 nitrogen and oxygen atoms in total. The second-order valence-corrected chi connectivity index (χ2v) is 6.53. The van der Waals surface area contributed by atoms with E-state index in [0.717, 1.165) is 5.56 Å². The van der Waals surface area contributed by atoms with Gasteiger partial charge in [-0.3, -0.25) is 0 Å². The van der Waals surface area contributed by atoms with Gasteiger partial charge in [-0.25, -0.2) is 0 Å². The van der Waals surface area contributed by atoms with Gasteiger partial charge in [-0.05, 0) is 36.4 Å². The van der Waals surface area contributed by atoms with Crippen molar-refractivity contribution in [2.75, 3.05) is 6.66 Å². The molecule has 0 heterocycles. The van der Waals surface area contributed by atoms with E-state index >= 15 is 0 Å². The van der Waals surface area contributed by atoms with Crippen LogP contribution in [0.25, 0.3) is 0 Å². The quantitative estimate of drug-likeness (QED) is 0.746. The average molecular weight is 202 g/mol. The zero-order valence-electron chi connectivity index (χ0n) is 7.02. The predicted octanol–water partition coefficient (Wildman–Crippen LogP) is 2.31. The molecule has 0 saturated carbocycles. The van der Waals surface area contributed by atoms with Crippen LogP contribution in [0.15, 0.2) is 24.3 Å². The maximum Gasteiger partial charge on any atom is 0.232 e. The Balaban J connectivity index is 2.84. The van der Waals surface area contributed by atoms with E-state index in [1.54, 1.807) is 6.07 Å². The van der Waals surface area contributed by atoms with Gasteiger partial charge in [-0.1, -0.05) is 12.1 Å². The summed E-state index contributed by atoms with van der Waals surface area (Å²) in [7, 11) is 0. The Morgan fingerprint density at radius 1 is 1.50 bits per heavy atom. The summed E-state index contributed by atoms with van der Waals surface area (Å²) in [6.07, 6.45) is 0.